The van der Waals surface area contributed by atoms with Gasteiger partial charge in [0.05, 0.1) is 0 Å². The van der Waals surface area contributed by atoms with Crippen molar-refractivity contribution in [1.82, 2.24) is 5.32 Å². The molecule has 0 bridgehead atoms. The van der Waals surface area contributed by atoms with E-state index in [4.69, 9.17) is 0 Å². The van der Waals surface area contributed by atoms with Gasteiger partial charge in [-0.1, -0.05) is 6.07 Å². The summed E-state index contributed by atoms with van der Waals surface area (Å²) >= 11 is 0. The lowest BCUT2D eigenvalue weighted by Gasteiger charge is -2.28. The third kappa shape index (κ3) is 1.17. The Labute approximate surface area is 83.3 Å². The number of nitrogens with one attached hydrogen (secondary N) is 1. The molecule has 1 aliphatic carbocycles. The highest BCUT2D eigenvalue weighted by atomic mass is 19.1. The first-order valence-electron chi connectivity index (χ1n) is 5.36. The Morgan fingerprint density at radius 1 is 1.29 bits per heavy atom. The summed E-state index contributed by atoms with van der Waals surface area (Å²) in [7, 11) is 0. The Bertz CT molecular complexity index is 361. The lowest BCUT2D eigenvalue weighted by Crippen LogP contribution is -2.23. The van der Waals surface area contributed by atoms with Gasteiger partial charge in [0, 0.05) is 6.04 Å². The lowest BCUT2D eigenvalue weighted by atomic mass is 9.80. The Morgan fingerprint density at radius 2 is 2.21 bits per heavy atom. The van der Waals surface area contributed by atoms with Crippen LogP contribution in [0.4, 0.5) is 4.39 Å². The smallest absolute Gasteiger partial charge is 0.123 e. The van der Waals surface area contributed by atoms with Crippen LogP contribution in [0.1, 0.15) is 30.0 Å². The van der Waals surface area contributed by atoms with Crippen molar-refractivity contribution in [3.05, 3.63) is 35.1 Å². The third-order valence-electron chi connectivity index (χ3n) is 3.58. The maximum atomic E-state index is 13.1. The van der Waals surface area contributed by atoms with Gasteiger partial charge in [-0.2, -0.15) is 0 Å². The van der Waals surface area contributed by atoms with Gasteiger partial charge in [0.15, 0.2) is 0 Å². The predicted octanol–water partition coefficient (Wildman–Crippen LogP) is 2.42. The summed E-state index contributed by atoms with van der Waals surface area (Å²) in [5.41, 5.74) is 2.54. The van der Waals surface area contributed by atoms with E-state index in [1.165, 1.54) is 24.0 Å². The van der Waals surface area contributed by atoms with Crippen LogP contribution >= 0.6 is 0 Å². The summed E-state index contributed by atoms with van der Waals surface area (Å²) < 4.78 is 13.1. The summed E-state index contributed by atoms with van der Waals surface area (Å²) in [5, 5.41) is 3.48. The fourth-order valence-electron chi connectivity index (χ4n) is 2.86. The lowest BCUT2D eigenvalue weighted by molar-refractivity contribution is 0.403. The van der Waals surface area contributed by atoms with E-state index in [0.717, 1.165) is 18.9 Å². The molecule has 0 radical (unpaired) electrons. The van der Waals surface area contributed by atoms with Gasteiger partial charge in [-0.05, 0) is 55.0 Å². The molecule has 2 atom stereocenters. The van der Waals surface area contributed by atoms with Crippen LogP contribution < -0.4 is 5.32 Å². The zero-order chi connectivity index (χ0) is 9.54. The molecule has 1 saturated heterocycles. The van der Waals surface area contributed by atoms with Crippen LogP contribution in [0.2, 0.25) is 0 Å². The second kappa shape index (κ2) is 3.06. The molecule has 2 unspecified atom stereocenters. The van der Waals surface area contributed by atoms with Crippen molar-refractivity contribution in [2.75, 3.05) is 6.54 Å². The SMILES string of the molecule is Fc1ccc2c(c1)C1NCCC1CC2. The van der Waals surface area contributed by atoms with E-state index in [0.29, 0.717) is 6.04 Å². The molecule has 0 amide bonds. The van der Waals surface area contributed by atoms with Crippen molar-refractivity contribution in [2.45, 2.75) is 25.3 Å². The molecule has 1 aromatic rings. The molecule has 2 aliphatic rings. The van der Waals surface area contributed by atoms with Crippen LogP contribution in [0.25, 0.3) is 0 Å². The highest BCUT2D eigenvalue weighted by Gasteiger charge is 2.32. The van der Waals surface area contributed by atoms with E-state index in [1.807, 2.05) is 6.07 Å². The summed E-state index contributed by atoms with van der Waals surface area (Å²) in [6.45, 7) is 1.09. The van der Waals surface area contributed by atoms with Crippen LogP contribution in [0.3, 0.4) is 0 Å². The van der Waals surface area contributed by atoms with Gasteiger partial charge < -0.3 is 5.32 Å². The van der Waals surface area contributed by atoms with Crippen molar-refractivity contribution < 1.29 is 4.39 Å². The Morgan fingerprint density at radius 3 is 3.14 bits per heavy atom. The first-order valence-corrected chi connectivity index (χ1v) is 5.36. The van der Waals surface area contributed by atoms with Crippen LogP contribution in [0.15, 0.2) is 18.2 Å². The monoisotopic (exact) mass is 191 g/mol. The molecule has 0 saturated carbocycles. The van der Waals surface area contributed by atoms with Gasteiger partial charge in [0.2, 0.25) is 0 Å². The average Bonchev–Trinajstić information content (AvgIpc) is 2.65. The molecule has 0 aromatic heterocycles. The van der Waals surface area contributed by atoms with Crippen LogP contribution in [0, 0.1) is 11.7 Å². The Balaban J connectivity index is 2.07. The number of aryl methyl sites for hydroxylation is 1. The van der Waals surface area contributed by atoms with Crippen molar-refractivity contribution in [1.29, 1.82) is 0 Å². The highest BCUT2D eigenvalue weighted by Crippen LogP contribution is 2.39. The normalized spacial score (nSPS) is 29.8. The quantitative estimate of drug-likeness (QED) is 0.664. The van der Waals surface area contributed by atoms with Crippen molar-refractivity contribution in [3.63, 3.8) is 0 Å². The van der Waals surface area contributed by atoms with Crippen molar-refractivity contribution in [2.24, 2.45) is 5.92 Å². The van der Waals surface area contributed by atoms with Gasteiger partial charge in [0.1, 0.15) is 5.82 Å². The summed E-state index contributed by atoms with van der Waals surface area (Å²) in [6, 6.07) is 5.66. The van der Waals surface area contributed by atoms with Gasteiger partial charge in [-0.3, -0.25) is 0 Å². The predicted molar refractivity (Wildman–Crippen MR) is 53.6 cm³/mol. The second-order valence-corrected chi connectivity index (χ2v) is 4.36. The molecule has 1 aromatic carbocycles. The standard InChI is InChI=1S/C12H14FN/c13-10-4-3-8-1-2-9-5-6-14-12(9)11(8)7-10/h3-4,7,9,12,14H,1-2,5-6H2. The van der Waals surface area contributed by atoms with Crippen LogP contribution in [-0.4, -0.2) is 6.54 Å². The zero-order valence-electron chi connectivity index (χ0n) is 8.09. The van der Waals surface area contributed by atoms with Crippen LogP contribution in [-0.2, 0) is 6.42 Å². The Kier molecular flexibility index (Phi) is 1.84. The molecule has 1 fully saturated rings. The van der Waals surface area contributed by atoms with Gasteiger partial charge in [-0.25, -0.2) is 4.39 Å². The summed E-state index contributed by atoms with van der Waals surface area (Å²) in [4.78, 5) is 0. The number of fused-ring (bicyclic) bond motifs is 3. The number of hydrogen-bond acceptors (Lipinski definition) is 1. The minimum atomic E-state index is -0.0990. The second-order valence-electron chi connectivity index (χ2n) is 4.36. The molecular formula is C12H14FN. The minimum Gasteiger partial charge on any atom is -0.310 e. The van der Waals surface area contributed by atoms with E-state index in [2.05, 4.69) is 5.32 Å². The first-order chi connectivity index (χ1) is 6.84. The molecule has 1 nitrogen and oxygen atoms in total. The van der Waals surface area contributed by atoms with Gasteiger partial charge in [0.25, 0.3) is 0 Å². The average molecular weight is 191 g/mol. The number of rotatable bonds is 0. The summed E-state index contributed by atoms with van der Waals surface area (Å²) in [6.07, 6.45) is 3.63. The number of hydrogen-bond donors (Lipinski definition) is 1. The van der Waals surface area contributed by atoms with E-state index in [9.17, 15) is 4.39 Å². The van der Waals surface area contributed by atoms with Crippen molar-refractivity contribution in [3.8, 4) is 0 Å². The first kappa shape index (κ1) is 8.42. The molecule has 1 heterocycles. The zero-order valence-corrected chi connectivity index (χ0v) is 8.09. The molecular weight excluding hydrogens is 177 g/mol. The largest absolute Gasteiger partial charge is 0.310 e. The molecule has 3 rings (SSSR count). The number of benzene rings is 1. The summed E-state index contributed by atoms with van der Waals surface area (Å²) in [5.74, 6) is 0.641. The molecule has 1 aliphatic heterocycles. The molecule has 14 heavy (non-hydrogen) atoms. The fraction of sp³-hybridized carbons (Fsp3) is 0.500. The third-order valence-corrected chi connectivity index (χ3v) is 3.58. The maximum absolute atomic E-state index is 13.1. The Hall–Kier alpha value is -0.890. The van der Waals surface area contributed by atoms with E-state index >= 15 is 0 Å². The van der Waals surface area contributed by atoms with Gasteiger partial charge >= 0.3 is 0 Å². The van der Waals surface area contributed by atoms with E-state index < -0.39 is 0 Å². The topological polar surface area (TPSA) is 12.0 Å². The number of halogens is 1. The minimum absolute atomic E-state index is 0.0990. The van der Waals surface area contributed by atoms with E-state index in [-0.39, 0.29) is 5.82 Å². The van der Waals surface area contributed by atoms with E-state index in [1.54, 1.807) is 12.1 Å². The molecule has 1 N–H and O–H groups in total. The van der Waals surface area contributed by atoms with Gasteiger partial charge in [-0.15, -0.1) is 0 Å². The maximum Gasteiger partial charge on any atom is 0.123 e. The fourth-order valence-corrected chi connectivity index (χ4v) is 2.86. The highest BCUT2D eigenvalue weighted by molar-refractivity contribution is 5.34. The molecule has 74 valence electrons. The molecule has 2 heteroatoms. The van der Waals surface area contributed by atoms with Crippen LogP contribution in [0.5, 0.6) is 0 Å². The van der Waals surface area contributed by atoms with Crippen molar-refractivity contribution >= 4 is 0 Å². The molecule has 0 spiro atoms.